The molecule has 0 fully saturated rings. The van der Waals surface area contributed by atoms with Crippen LogP contribution in [0.1, 0.15) is 30.0 Å². The van der Waals surface area contributed by atoms with E-state index in [9.17, 15) is 18.0 Å². The molecule has 0 spiro atoms. The van der Waals surface area contributed by atoms with Crippen LogP contribution in [0.15, 0.2) is 83.8 Å². The summed E-state index contributed by atoms with van der Waals surface area (Å²) < 4.78 is 28.8. The SMILES string of the molecule is CCC(C(=O)NC)N(Cc1ccccc1)C(=O)CN(c1cc(C)ccc1C)S(=O)(=O)c1ccccc1. The minimum Gasteiger partial charge on any atom is -0.357 e. The summed E-state index contributed by atoms with van der Waals surface area (Å²) in [6, 6.07) is 22.2. The minimum absolute atomic E-state index is 0.0895. The van der Waals surface area contributed by atoms with Crippen LogP contribution in [-0.4, -0.2) is 44.8 Å². The quantitative estimate of drug-likeness (QED) is 0.449. The van der Waals surface area contributed by atoms with E-state index < -0.39 is 28.5 Å². The molecule has 1 unspecified atom stereocenters. The Morgan fingerprint density at radius 1 is 0.917 bits per heavy atom. The monoisotopic (exact) mass is 507 g/mol. The fourth-order valence-corrected chi connectivity index (χ4v) is 5.58. The largest absolute Gasteiger partial charge is 0.357 e. The highest BCUT2D eigenvalue weighted by Gasteiger charge is 2.33. The lowest BCUT2D eigenvalue weighted by Crippen LogP contribution is -2.51. The van der Waals surface area contributed by atoms with Crippen molar-refractivity contribution in [1.29, 1.82) is 0 Å². The molecule has 0 aliphatic rings. The number of hydrogen-bond donors (Lipinski definition) is 1. The van der Waals surface area contributed by atoms with E-state index in [2.05, 4.69) is 5.32 Å². The predicted octanol–water partition coefficient (Wildman–Crippen LogP) is 4.05. The third-order valence-electron chi connectivity index (χ3n) is 6.07. The summed E-state index contributed by atoms with van der Waals surface area (Å²) in [6.07, 6.45) is 0.382. The van der Waals surface area contributed by atoms with Crippen LogP contribution < -0.4 is 9.62 Å². The molecular weight excluding hydrogens is 474 g/mol. The number of benzene rings is 3. The van der Waals surface area contributed by atoms with Gasteiger partial charge in [-0.25, -0.2) is 8.42 Å². The summed E-state index contributed by atoms with van der Waals surface area (Å²) in [4.78, 5) is 28.1. The molecule has 190 valence electrons. The lowest BCUT2D eigenvalue weighted by molar-refractivity contribution is -0.140. The number of rotatable bonds is 10. The zero-order valence-electron chi connectivity index (χ0n) is 21.1. The first kappa shape index (κ1) is 26.9. The molecule has 0 saturated carbocycles. The van der Waals surface area contributed by atoms with Crippen molar-refractivity contribution in [1.82, 2.24) is 10.2 Å². The Kier molecular flexibility index (Phi) is 8.88. The van der Waals surface area contributed by atoms with Gasteiger partial charge in [-0.15, -0.1) is 0 Å². The number of sulfonamides is 1. The molecule has 3 aromatic carbocycles. The Morgan fingerprint density at radius 3 is 2.11 bits per heavy atom. The first-order valence-electron chi connectivity index (χ1n) is 11.9. The first-order chi connectivity index (χ1) is 17.2. The number of carbonyl (C=O) groups excluding carboxylic acids is 2. The topological polar surface area (TPSA) is 86.8 Å². The van der Waals surface area contributed by atoms with E-state index in [1.807, 2.05) is 63.2 Å². The predicted molar refractivity (Wildman–Crippen MR) is 142 cm³/mol. The average Bonchev–Trinajstić information content (AvgIpc) is 2.89. The summed E-state index contributed by atoms with van der Waals surface area (Å²) in [7, 11) is -2.54. The summed E-state index contributed by atoms with van der Waals surface area (Å²) in [5.41, 5.74) is 2.87. The van der Waals surface area contributed by atoms with Crippen molar-refractivity contribution in [2.75, 3.05) is 17.9 Å². The van der Waals surface area contributed by atoms with Crippen LogP contribution in [0, 0.1) is 13.8 Å². The maximum Gasteiger partial charge on any atom is 0.264 e. The van der Waals surface area contributed by atoms with Crippen LogP contribution >= 0.6 is 0 Å². The fraction of sp³-hybridized carbons (Fsp3) is 0.286. The van der Waals surface area contributed by atoms with Crippen molar-refractivity contribution >= 4 is 27.5 Å². The van der Waals surface area contributed by atoms with Gasteiger partial charge in [0.15, 0.2) is 0 Å². The third kappa shape index (κ3) is 6.12. The summed E-state index contributed by atoms with van der Waals surface area (Å²) >= 11 is 0. The van der Waals surface area contributed by atoms with Crippen molar-refractivity contribution in [2.45, 2.75) is 44.7 Å². The Bertz CT molecular complexity index is 1290. The van der Waals surface area contributed by atoms with Crippen molar-refractivity contribution < 1.29 is 18.0 Å². The van der Waals surface area contributed by atoms with Crippen LogP contribution in [0.4, 0.5) is 5.69 Å². The molecule has 0 aromatic heterocycles. The second-order valence-electron chi connectivity index (χ2n) is 8.66. The molecule has 7 nitrogen and oxygen atoms in total. The number of nitrogens with one attached hydrogen (secondary N) is 1. The van der Waals surface area contributed by atoms with Crippen LogP contribution in [0.2, 0.25) is 0 Å². The molecule has 0 bridgehead atoms. The number of aryl methyl sites for hydroxylation is 2. The van der Waals surface area contributed by atoms with Gasteiger partial charge in [-0.3, -0.25) is 13.9 Å². The molecule has 0 heterocycles. The second-order valence-corrected chi connectivity index (χ2v) is 10.5. The van der Waals surface area contributed by atoms with E-state index in [0.29, 0.717) is 12.1 Å². The number of likely N-dealkylation sites (N-methyl/N-ethyl adjacent to an activating group) is 1. The van der Waals surface area contributed by atoms with Gasteiger partial charge in [0.05, 0.1) is 10.6 Å². The van der Waals surface area contributed by atoms with E-state index in [1.165, 1.54) is 24.1 Å². The maximum absolute atomic E-state index is 13.9. The van der Waals surface area contributed by atoms with Crippen LogP contribution in [0.25, 0.3) is 0 Å². The van der Waals surface area contributed by atoms with Crippen LogP contribution in [0.3, 0.4) is 0 Å². The summed E-state index contributed by atoms with van der Waals surface area (Å²) in [5.74, 6) is -0.763. The molecule has 36 heavy (non-hydrogen) atoms. The molecule has 1 atom stereocenters. The van der Waals surface area contributed by atoms with Gasteiger partial charge >= 0.3 is 0 Å². The number of amides is 2. The Hall–Kier alpha value is -3.65. The van der Waals surface area contributed by atoms with Gasteiger partial charge in [0.1, 0.15) is 12.6 Å². The lowest BCUT2D eigenvalue weighted by atomic mass is 10.1. The zero-order chi connectivity index (χ0) is 26.3. The van der Waals surface area contributed by atoms with Crippen molar-refractivity contribution in [3.8, 4) is 0 Å². The molecule has 3 aromatic rings. The Balaban J connectivity index is 2.08. The standard InChI is InChI=1S/C28H33N3O4S/c1-5-25(28(33)29-4)30(19-23-12-8-6-9-13-23)27(32)20-31(26-18-21(2)16-17-22(26)3)36(34,35)24-14-10-7-11-15-24/h6-18,25H,5,19-20H2,1-4H3,(H,29,33). The molecule has 3 rings (SSSR count). The van der Waals surface area contributed by atoms with Gasteiger partial charge in [0.2, 0.25) is 11.8 Å². The normalized spacial score (nSPS) is 12.0. The van der Waals surface area contributed by atoms with E-state index in [0.717, 1.165) is 21.0 Å². The van der Waals surface area contributed by atoms with E-state index in [-0.39, 0.29) is 17.3 Å². The molecule has 0 saturated heterocycles. The summed E-state index contributed by atoms with van der Waals surface area (Å²) in [5, 5.41) is 2.63. The van der Waals surface area contributed by atoms with E-state index in [4.69, 9.17) is 0 Å². The fourth-order valence-electron chi connectivity index (χ4n) is 4.09. The zero-order valence-corrected chi connectivity index (χ0v) is 22.0. The van der Waals surface area contributed by atoms with Crippen molar-refractivity contribution in [3.63, 3.8) is 0 Å². The van der Waals surface area contributed by atoms with E-state index >= 15 is 0 Å². The molecule has 0 radical (unpaired) electrons. The Morgan fingerprint density at radius 2 is 1.53 bits per heavy atom. The third-order valence-corrected chi connectivity index (χ3v) is 7.85. The highest BCUT2D eigenvalue weighted by molar-refractivity contribution is 7.92. The van der Waals surface area contributed by atoms with Gasteiger partial charge in [-0.2, -0.15) is 0 Å². The lowest BCUT2D eigenvalue weighted by Gasteiger charge is -2.33. The summed E-state index contributed by atoms with van der Waals surface area (Å²) in [6.45, 7) is 5.25. The van der Waals surface area contributed by atoms with Gasteiger partial charge in [0.25, 0.3) is 10.0 Å². The molecular formula is C28H33N3O4S. The number of anilines is 1. The van der Waals surface area contributed by atoms with Gasteiger partial charge < -0.3 is 10.2 Å². The highest BCUT2D eigenvalue weighted by atomic mass is 32.2. The highest BCUT2D eigenvalue weighted by Crippen LogP contribution is 2.28. The average molecular weight is 508 g/mol. The number of carbonyl (C=O) groups is 2. The van der Waals surface area contributed by atoms with Gasteiger partial charge in [0, 0.05) is 13.6 Å². The number of nitrogens with zero attached hydrogens (tertiary/aromatic N) is 2. The minimum atomic E-state index is -4.07. The molecule has 0 aliphatic carbocycles. The maximum atomic E-state index is 13.9. The first-order valence-corrected chi connectivity index (χ1v) is 13.3. The molecule has 0 aliphatic heterocycles. The molecule has 8 heteroatoms. The molecule has 2 amide bonds. The number of hydrogen-bond acceptors (Lipinski definition) is 4. The van der Waals surface area contributed by atoms with Gasteiger partial charge in [-0.1, -0.05) is 67.6 Å². The smallest absolute Gasteiger partial charge is 0.264 e. The van der Waals surface area contributed by atoms with Crippen LogP contribution in [0.5, 0.6) is 0 Å². The molecule has 1 N–H and O–H groups in total. The van der Waals surface area contributed by atoms with E-state index in [1.54, 1.807) is 24.3 Å². The Labute approximate surface area is 213 Å². The van der Waals surface area contributed by atoms with Gasteiger partial charge in [-0.05, 0) is 55.2 Å². The van der Waals surface area contributed by atoms with Crippen molar-refractivity contribution in [2.24, 2.45) is 0 Å². The van der Waals surface area contributed by atoms with Crippen LogP contribution in [-0.2, 0) is 26.2 Å². The van der Waals surface area contributed by atoms with Crippen molar-refractivity contribution in [3.05, 3.63) is 95.6 Å². The second kappa shape index (κ2) is 11.9.